The molecule has 0 unspecified atom stereocenters. The van der Waals surface area contributed by atoms with Crippen molar-refractivity contribution in [2.75, 3.05) is 5.73 Å². The van der Waals surface area contributed by atoms with Crippen molar-refractivity contribution < 1.29 is 8.42 Å². The topological polar surface area (TPSA) is 106 Å². The smallest absolute Gasteiger partial charge is 0.243 e. The molecule has 0 fully saturated rings. The predicted octanol–water partition coefficient (Wildman–Crippen LogP) is 0.962. The van der Waals surface area contributed by atoms with E-state index in [1.807, 2.05) is 0 Å². The van der Waals surface area contributed by atoms with E-state index >= 15 is 0 Å². The lowest BCUT2D eigenvalue weighted by Gasteiger charge is -2.04. The maximum Gasteiger partial charge on any atom is 0.243 e. The Balaban J connectivity index is 1.91. The van der Waals surface area contributed by atoms with Crippen LogP contribution in [0.5, 0.6) is 0 Å². The van der Waals surface area contributed by atoms with Crippen LogP contribution < -0.4 is 10.5 Å². The molecule has 0 spiro atoms. The second-order valence-corrected chi connectivity index (χ2v) is 6.50. The molecule has 0 aliphatic heterocycles. The molecule has 8 heteroatoms. The van der Waals surface area contributed by atoms with Crippen molar-refractivity contribution in [2.45, 2.75) is 11.4 Å². The van der Waals surface area contributed by atoms with Crippen LogP contribution in [0.4, 0.5) is 5.69 Å². The lowest BCUT2D eigenvalue weighted by atomic mass is 10.2. The number of anilines is 1. The fraction of sp³-hybridized carbons (Fsp3) is 0.154. The number of benzene rings is 1. The Kier molecular flexibility index (Phi) is 3.19. The van der Waals surface area contributed by atoms with Gasteiger partial charge < -0.3 is 10.7 Å². The molecule has 110 valence electrons. The molecule has 4 N–H and O–H groups in total. The summed E-state index contributed by atoms with van der Waals surface area (Å²) in [6.07, 6.45) is 3.22. The van der Waals surface area contributed by atoms with Gasteiger partial charge in [-0.15, -0.1) is 0 Å². The SMILES string of the molecule is Cn1ccc(CNS(=O)(=O)c2c[nH]c3ccc(N)cc23)n1. The molecule has 0 amide bonds. The first-order valence-corrected chi connectivity index (χ1v) is 7.79. The number of nitrogens with zero attached hydrogens (tertiary/aromatic N) is 2. The number of hydrogen-bond donors (Lipinski definition) is 3. The largest absolute Gasteiger partial charge is 0.399 e. The molecule has 0 radical (unpaired) electrons. The maximum absolute atomic E-state index is 12.4. The molecule has 7 nitrogen and oxygen atoms in total. The van der Waals surface area contributed by atoms with Crippen molar-refractivity contribution in [3.05, 3.63) is 42.4 Å². The monoisotopic (exact) mass is 305 g/mol. The van der Waals surface area contributed by atoms with Crippen LogP contribution in [0.3, 0.4) is 0 Å². The first kappa shape index (κ1) is 13.7. The molecule has 2 aromatic heterocycles. The lowest BCUT2D eigenvalue weighted by Crippen LogP contribution is -2.23. The second kappa shape index (κ2) is 4.90. The molecule has 1 aromatic carbocycles. The number of H-pyrrole nitrogens is 1. The summed E-state index contributed by atoms with van der Waals surface area (Å²) in [4.78, 5) is 3.11. The molecular formula is C13H15N5O2S. The fourth-order valence-corrected chi connectivity index (χ4v) is 3.31. The normalized spacial score (nSPS) is 12.0. The number of nitrogens with one attached hydrogen (secondary N) is 2. The van der Waals surface area contributed by atoms with Crippen LogP contribution in [0, 0.1) is 0 Å². The predicted molar refractivity (Wildman–Crippen MR) is 79.9 cm³/mol. The number of nitrogen functional groups attached to an aromatic ring is 1. The number of fused-ring (bicyclic) bond motifs is 1. The zero-order valence-electron chi connectivity index (χ0n) is 11.4. The zero-order chi connectivity index (χ0) is 15.0. The molecule has 0 saturated carbocycles. The summed E-state index contributed by atoms with van der Waals surface area (Å²) in [6.45, 7) is 0.137. The van der Waals surface area contributed by atoms with E-state index in [0.717, 1.165) is 5.52 Å². The average molecular weight is 305 g/mol. The van der Waals surface area contributed by atoms with E-state index in [1.165, 1.54) is 6.20 Å². The van der Waals surface area contributed by atoms with Gasteiger partial charge in [-0.2, -0.15) is 5.10 Å². The van der Waals surface area contributed by atoms with Crippen molar-refractivity contribution in [1.29, 1.82) is 0 Å². The minimum atomic E-state index is -3.64. The van der Waals surface area contributed by atoms with E-state index in [-0.39, 0.29) is 11.4 Å². The Labute approximate surface area is 121 Å². The van der Waals surface area contributed by atoms with Crippen LogP contribution in [0.2, 0.25) is 0 Å². The van der Waals surface area contributed by atoms with Gasteiger partial charge in [-0.1, -0.05) is 0 Å². The highest BCUT2D eigenvalue weighted by atomic mass is 32.2. The maximum atomic E-state index is 12.4. The van der Waals surface area contributed by atoms with Crippen LogP contribution >= 0.6 is 0 Å². The van der Waals surface area contributed by atoms with Crippen LogP contribution in [0.25, 0.3) is 10.9 Å². The van der Waals surface area contributed by atoms with Gasteiger partial charge in [-0.05, 0) is 24.3 Å². The highest BCUT2D eigenvalue weighted by Gasteiger charge is 2.19. The molecule has 0 bridgehead atoms. The van der Waals surface area contributed by atoms with Crippen LogP contribution in [0.15, 0.2) is 41.6 Å². The second-order valence-electron chi connectivity index (χ2n) is 4.76. The summed E-state index contributed by atoms with van der Waals surface area (Å²) in [5.41, 5.74) is 7.62. The summed E-state index contributed by atoms with van der Waals surface area (Å²) in [5, 5.41) is 4.71. The highest BCUT2D eigenvalue weighted by molar-refractivity contribution is 7.89. The number of hydrogen-bond acceptors (Lipinski definition) is 4. The third-order valence-electron chi connectivity index (χ3n) is 3.17. The van der Waals surface area contributed by atoms with Crippen molar-refractivity contribution in [3.8, 4) is 0 Å². The fourth-order valence-electron chi connectivity index (χ4n) is 2.14. The van der Waals surface area contributed by atoms with E-state index in [0.29, 0.717) is 16.8 Å². The molecule has 3 rings (SSSR count). The number of aromatic nitrogens is 3. The van der Waals surface area contributed by atoms with Crippen LogP contribution in [0.1, 0.15) is 5.69 Å². The average Bonchev–Trinajstić information content (AvgIpc) is 3.02. The van der Waals surface area contributed by atoms with Crippen LogP contribution in [-0.2, 0) is 23.6 Å². The Morgan fingerprint density at radius 3 is 2.90 bits per heavy atom. The molecule has 21 heavy (non-hydrogen) atoms. The minimum Gasteiger partial charge on any atom is -0.399 e. The summed E-state index contributed by atoms with van der Waals surface area (Å²) in [7, 11) is -1.86. The lowest BCUT2D eigenvalue weighted by molar-refractivity contribution is 0.580. The summed E-state index contributed by atoms with van der Waals surface area (Å²) in [6, 6.07) is 6.87. The molecular weight excluding hydrogens is 290 g/mol. The molecule has 0 atom stereocenters. The van der Waals surface area contributed by atoms with E-state index in [9.17, 15) is 8.42 Å². The number of aromatic amines is 1. The van der Waals surface area contributed by atoms with Gasteiger partial charge in [0.1, 0.15) is 4.90 Å². The Morgan fingerprint density at radius 1 is 1.38 bits per heavy atom. The summed E-state index contributed by atoms with van der Waals surface area (Å²) >= 11 is 0. The quantitative estimate of drug-likeness (QED) is 0.624. The van der Waals surface area contributed by atoms with Gasteiger partial charge in [0.05, 0.1) is 12.2 Å². The van der Waals surface area contributed by atoms with E-state index in [4.69, 9.17) is 5.73 Å². The molecule has 3 aromatic rings. The first-order valence-electron chi connectivity index (χ1n) is 6.30. The first-order chi connectivity index (χ1) is 9.95. The van der Waals surface area contributed by atoms with Crippen LogP contribution in [-0.4, -0.2) is 23.2 Å². The number of rotatable bonds is 4. The van der Waals surface area contributed by atoms with Gasteiger partial charge in [0, 0.05) is 36.0 Å². The van der Waals surface area contributed by atoms with Gasteiger partial charge in [-0.3, -0.25) is 4.68 Å². The van der Waals surface area contributed by atoms with Gasteiger partial charge >= 0.3 is 0 Å². The van der Waals surface area contributed by atoms with Gasteiger partial charge in [-0.25, -0.2) is 13.1 Å². The highest BCUT2D eigenvalue weighted by Crippen LogP contribution is 2.24. The van der Waals surface area contributed by atoms with Gasteiger partial charge in [0.15, 0.2) is 0 Å². The van der Waals surface area contributed by atoms with E-state index < -0.39 is 10.0 Å². The van der Waals surface area contributed by atoms with Gasteiger partial charge in [0.25, 0.3) is 0 Å². The number of nitrogens with two attached hydrogens (primary N) is 1. The van der Waals surface area contributed by atoms with Crippen molar-refractivity contribution in [3.63, 3.8) is 0 Å². The van der Waals surface area contributed by atoms with E-state index in [2.05, 4.69) is 14.8 Å². The summed E-state index contributed by atoms with van der Waals surface area (Å²) < 4.78 is 28.9. The van der Waals surface area contributed by atoms with Crippen molar-refractivity contribution >= 4 is 26.6 Å². The third kappa shape index (κ3) is 2.63. The molecule has 0 aliphatic carbocycles. The minimum absolute atomic E-state index is 0.137. The molecule has 0 saturated heterocycles. The third-order valence-corrected chi connectivity index (χ3v) is 4.61. The van der Waals surface area contributed by atoms with Crippen molar-refractivity contribution in [1.82, 2.24) is 19.5 Å². The Bertz CT molecular complexity index is 894. The van der Waals surface area contributed by atoms with E-state index in [1.54, 1.807) is 42.2 Å². The standard InChI is InChI=1S/C13H15N5O2S/c1-18-5-4-10(17-18)7-16-21(19,20)13-8-15-12-3-2-9(14)6-11(12)13/h2-6,8,15-16H,7,14H2,1H3. The van der Waals surface area contributed by atoms with Crippen molar-refractivity contribution in [2.24, 2.45) is 7.05 Å². The Morgan fingerprint density at radius 2 is 2.19 bits per heavy atom. The Hall–Kier alpha value is -2.32. The number of aryl methyl sites for hydroxylation is 1. The number of sulfonamides is 1. The summed E-state index contributed by atoms with van der Waals surface area (Å²) in [5.74, 6) is 0. The zero-order valence-corrected chi connectivity index (χ0v) is 12.2. The van der Waals surface area contributed by atoms with Gasteiger partial charge in [0.2, 0.25) is 10.0 Å². The molecule has 0 aliphatic rings. The molecule has 2 heterocycles.